The smallest absolute Gasteiger partial charge is 0.416 e. The van der Waals surface area contributed by atoms with Gasteiger partial charge in [-0.1, -0.05) is 19.1 Å². The number of nitrogens with zero attached hydrogens (tertiary/aromatic N) is 3. The number of esters is 1. The van der Waals surface area contributed by atoms with Crippen LogP contribution in [0.5, 0.6) is 0 Å². The van der Waals surface area contributed by atoms with Gasteiger partial charge in [-0.05, 0) is 61.7 Å². The molecule has 0 saturated heterocycles. The third kappa shape index (κ3) is 5.17. The molecule has 1 aliphatic rings. The number of Topliss-reactive ketones (excluding diaryl/α,β-unsaturated/α-hetero) is 1. The zero-order valence-electron chi connectivity index (χ0n) is 24.0. The molecule has 1 atom stereocenters. The largest absolute Gasteiger partial charge is 0.469 e. The minimum absolute atomic E-state index is 0.0606. The number of ketones is 1. The molecule has 0 bridgehead atoms. The highest BCUT2D eigenvalue weighted by Crippen LogP contribution is 2.41. The van der Waals surface area contributed by atoms with E-state index in [9.17, 15) is 37.1 Å². The fourth-order valence-electron chi connectivity index (χ4n) is 5.23. The van der Waals surface area contributed by atoms with Gasteiger partial charge in [-0.15, -0.1) is 0 Å². The Morgan fingerprint density at radius 2 is 1.74 bits per heavy atom. The van der Waals surface area contributed by atoms with E-state index in [1.165, 1.54) is 30.9 Å². The Balaban J connectivity index is 1.94. The molecule has 0 spiro atoms. The maximum Gasteiger partial charge on any atom is 0.416 e. The number of fused-ring (bicyclic) bond motifs is 1. The summed E-state index contributed by atoms with van der Waals surface area (Å²) in [5, 5.41) is 0. The van der Waals surface area contributed by atoms with Crippen LogP contribution < -0.4 is 16.1 Å². The van der Waals surface area contributed by atoms with Crippen LogP contribution in [0.4, 0.5) is 18.9 Å². The number of halogens is 3. The summed E-state index contributed by atoms with van der Waals surface area (Å²) in [5.74, 6) is -2.49. The van der Waals surface area contributed by atoms with Gasteiger partial charge in [0.1, 0.15) is 0 Å². The van der Waals surface area contributed by atoms with Crippen molar-refractivity contribution in [2.75, 3.05) is 19.1 Å². The minimum Gasteiger partial charge on any atom is -0.469 e. The summed E-state index contributed by atoms with van der Waals surface area (Å²) in [6.45, 7) is 5.60. The molecule has 1 aromatic heterocycles. The number of benzene rings is 2. The predicted molar refractivity (Wildman–Crippen MR) is 148 cm³/mol. The van der Waals surface area contributed by atoms with E-state index in [1.54, 1.807) is 39.1 Å². The first-order chi connectivity index (χ1) is 19.5. The van der Waals surface area contributed by atoms with Crippen molar-refractivity contribution in [2.24, 2.45) is 5.92 Å². The lowest BCUT2D eigenvalue weighted by atomic mass is 9.86. The number of amides is 1. The number of likely N-dealkylation sites (N-methyl/N-ethyl adjacent to an activating group) is 1. The molecule has 0 saturated carbocycles. The third-order valence-corrected chi connectivity index (χ3v) is 7.78. The van der Waals surface area contributed by atoms with E-state index in [1.807, 2.05) is 0 Å². The molecule has 42 heavy (non-hydrogen) atoms. The van der Waals surface area contributed by atoms with Crippen molar-refractivity contribution in [1.82, 2.24) is 9.13 Å². The Bertz CT molecular complexity index is 1740. The van der Waals surface area contributed by atoms with Gasteiger partial charge in [-0.3, -0.25) is 28.3 Å². The molecule has 0 fully saturated rings. The second kappa shape index (κ2) is 10.7. The van der Waals surface area contributed by atoms with Gasteiger partial charge in [-0.2, -0.15) is 13.2 Å². The number of hydrogen-bond acceptors (Lipinski definition) is 6. The van der Waals surface area contributed by atoms with E-state index >= 15 is 0 Å². The van der Waals surface area contributed by atoms with E-state index in [0.29, 0.717) is 15.8 Å². The molecule has 2 aromatic carbocycles. The van der Waals surface area contributed by atoms with Crippen LogP contribution in [0, 0.1) is 12.8 Å². The number of aromatic nitrogens is 2. The summed E-state index contributed by atoms with van der Waals surface area (Å²) in [6, 6.07) is 8.23. The average Bonchev–Trinajstić information content (AvgIpc) is 3.10. The predicted octanol–water partition coefficient (Wildman–Crippen LogP) is 4.01. The number of carbonyl (C=O) groups excluding carboxylic acids is 3. The fraction of sp³-hybridized carbons (Fsp3) is 0.367. The molecule has 2 heterocycles. The quantitative estimate of drug-likeness (QED) is 0.306. The van der Waals surface area contributed by atoms with Gasteiger partial charge >= 0.3 is 17.8 Å². The summed E-state index contributed by atoms with van der Waals surface area (Å²) in [6.07, 6.45) is -3.99. The standard InChI is InChI=1S/C30H30F3N3O6/c1-16(26(39)42-6)12-24(37)20-15-35(19-10-11-23-22(13-19)29(3,4)27(40)34(23)5)28(41)36(25(20)38)14-18-8-7-9-21(17(18)2)30(31,32)33/h7-11,13,15-16H,12,14H2,1-6H3. The van der Waals surface area contributed by atoms with Gasteiger partial charge in [0.05, 0.1) is 41.8 Å². The first-order valence-electron chi connectivity index (χ1n) is 13.1. The number of hydrogen-bond donors (Lipinski definition) is 0. The second-order valence-electron chi connectivity index (χ2n) is 10.9. The Morgan fingerprint density at radius 1 is 1.07 bits per heavy atom. The van der Waals surface area contributed by atoms with E-state index in [4.69, 9.17) is 0 Å². The Labute approximate surface area is 239 Å². The lowest BCUT2D eigenvalue weighted by Gasteiger charge is -2.18. The Hall–Kier alpha value is -4.48. The Morgan fingerprint density at radius 3 is 2.36 bits per heavy atom. The van der Waals surface area contributed by atoms with E-state index in [-0.39, 0.29) is 22.7 Å². The average molecular weight is 586 g/mol. The maximum absolute atomic E-state index is 13.8. The Kier molecular flexibility index (Phi) is 7.79. The molecule has 4 rings (SSSR count). The first-order valence-corrected chi connectivity index (χ1v) is 13.1. The molecule has 1 aliphatic heterocycles. The monoisotopic (exact) mass is 585 g/mol. The molecular formula is C30H30F3N3O6. The van der Waals surface area contributed by atoms with Crippen LogP contribution in [0.3, 0.4) is 0 Å². The second-order valence-corrected chi connectivity index (χ2v) is 10.9. The summed E-state index contributed by atoms with van der Waals surface area (Å²) in [4.78, 5) is 66.9. The highest BCUT2D eigenvalue weighted by molar-refractivity contribution is 6.07. The zero-order valence-corrected chi connectivity index (χ0v) is 24.0. The van der Waals surface area contributed by atoms with E-state index in [2.05, 4.69) is 4.74 Å². The summed E-state index contributed by atoms with van der Waals surface area (Å²) in [7, 11) is 2.78. The molecular weight excluding hydrogens is 555 g/mol. The highest BCUT2D eigenvalue weighted by atomic mass is 19.4. The SMILES string of the molecule is COC(=O)C(C)CC(=O)c1cn(-c2ccc3c(c2)C(C)(C)C(=O)N3C)c(=O)n(Cc2cccc(C(F)(F)F)c2C)c1=O. The van der Waals surface area contributed by atoms with Crippen molar-refractivity contribution in [3.05, 3.63) is 91.3 Å². The van der Waals surface area contributed by atoms with Crippen molar-refractivity contribution >= 4 is 23.3 Å². The molecule has 12 heteroatoms. The molecule has 0 aliphatic carbocycles. The molecule has 9 nitrogen and oxygen atoms in total. The molecule has 0 radical (unpaired) electrons. The van der Waals surface area contributed by atoms with E-state index < -0.39 is 64.6 Å². The van der Waals surface area contributed by atoms with Gasteiger partial charge in [0.25, 0.3) is 5.56 Å². The summed E-state index contributed by atoms with van der Waals surface area (Å²) in [5.41, 5.74) is -2.82. The van der Waals surface area contributed by atoms with Crippen LogP contribution in [-0.4, -0.2) is 41.0 Å². The molecule has 222 valence electrons. The van der Waals surface area contributed by atoms with Gasteiger partial charge in [-0.25, -0.2) is 4.79 Å². The number of anilines is 1. The zero-order chi connectivity index (χ0) is 31.3. The van der Waals surface area contributed by atoms with Crippen molar-refractivity contribution in [2.45, 2.75) is 52.3 Å². The molecule has 3 aromatic rings. The van der Waals surface area contributed by atoms with Crippen molar-refractivity contribution in [3.8, 4) is 5.69 Å². The first kappa shape index (κ1) is 30.5. The normalized spacial score (nSPS) is 15.0. The van der Waals surface area contributed by atoms with Crippen molar-refractivity contribution in [1.29, 1.82) is 0 Å². The van der Waals surface area contributed by atoms with Gasteiger partial charge in [0, 0.05) is 25.4 Å². The minimum atomic E-state index is -4.66. The van der Waals surface area contributed by atoms with E-state index in [0.717, 1.165) is 23.9 Å². The van der Waals surface area contributed by atoms with Gasteiger partial charge < -0.3 is 9.64 Å². The van der Waals surface area contributed by atoms with Gasteiger partial charge in [0.2, 0.25) is 5.91 Å². The number of alkyl halides is 3. The van der Waals surface area contributed by atoms with Crippen LogP contribution in [0.1, 0.15) is 59.8 Å². The summed E-state index contributed by atoms with van der Waals surface area (Å²) < 4.78 is 47.2. The summed E-state index contributed by atoms with van der Waals surface area (Å²) >= 11 is 0. The van der Waals surface area contributed by atoms with Crippen LogP contribution in [0.25, 0.3) is 5.69 Å². The fourth-order valence-corrected chi connectivity index (χ4v) is 5.23. The van der Waals surface area contributed by atoms with Crippen LogP contribution in [0.2, 0.25) is 0 Å². The molecule has 0 N–H and O–H groups in total. The number of rotatable bonds is 7. The van der Waals surface area contributed by atoms with Gasteiger partial charge in [0.15, 0.2) is 5.78 Å². The number of methoxy groups -OCH3 is 1. The number of carbonyl (C=O) groups is 3. The lowest BCUT2D eigenvalue weighted by Crippen LogP contribution is -2.42. The highest BCUT2D eigenvalue weighted by Gasteiger charge is 2.42. The third-order valence-electron chi connectivity index (χ3n) is 7.78. The molecule has 1 unspecified atom stereocenters. The topological polar surface area (TPSA) is 108 Å². The van der Waals surface area contributed by atoms with Crippen molar-refractivity contribution in [3.63, 3.8) is 0 Å². The number of ether oxygens (including phenoxy) is 1. The van der Waals surface area contributed by atoms with Crippen LogP contribution in [0.15, 0.2) is 52.2 Å². The van der Waals surface area contributed by atoms with Crippen molar-refractivity contribution < 1.29 is 32.3 Å². The molecule has 1 amide bonds. The van der Waals surface area contributed by atoms with Crippen LogP contribution in [-0.2, 0) is 32.5 Å². The van der Waals surface area contributed by atoms with Crippen LogP contribution >= 0.6 is 0 Å². The maximum atomic E-state index is 13.8. The lowest BCUT2D eigenvalue weighted by molar-refractivity contribution is -0.144.